The van der Waals surface area contributed by atoms with Gasteiger partial charge in [-0.15, -0.1) is 0 Å². The van der Waals surface area contributed by atoms with Crippen molar-refractivity contribution in [3.8, 4) is 0 Å². The summed E-state index contributed by atoms with van der Waals surface area (Å²) in [6.07, 6.45) is 2.89. The topological polar surface area (TPSA) is 24.8 Å². The van der Waals surface area contributed by atoms with Crippen molar-refractivity contribution in [1.29, 1.82) is 0 Å². The molecule has 0 spiro atoms. The zero-order valence-corrected chi connectivity index (χ0v) is 16.0. The van der Waals surface area contributed by atoms with Crippen LogP contribution in [0.25, 0.3) is 0 Å². The number of benzene rings is 1. The van der Waals surface area contributed by atoms with Crippen LogP contribution in [0.5, 0.6) is 0 Å². The van der Waals surface area contributed by atoms with Gasteiger partial charge in [-0.25, -0.2) is 4.79 Å². The number of rotatable bonds is 5. The molecule has 5 heteroatoms. The molecule has 0 aromatic heterocycles. The Morgan fingerprint density at radius 3 is 2.43 bits per heavy atom. The predicted octanol–water partition coefficient (Wildman–Crippen LogP) is 2.84. The van der Waals surface area contributed by atoms with Gasteiger partial charge in [0.1, 0.15) is 6.04 Å². The summed E-state index contributed by atoms with van der Waals surface area (Å²) in [6, 6.07) is 5.62. The molecular formula is C18H27Cl2N2O+. The number of likely N-dealkylation sites (tertiary alicyclic amines) is 1. The van der Waals surface area contributed by atoms with Crippen molar-refractivity contribution in [3.63, 3.8) is 0 Å². The van der Waals surface area contributed by atoms with E-state index in [4.69, 9.17) is 23.2 Å². The highest BCUT2D eigenvalue weighted by molar-refractivity contribution is 6.42. The molecule has 1 saturated heterocycles. The van der Waals surface area contributed by atoms with Crippen molar-refractivity contribution < 1.29 is 9.69 Å². The molecule has 3 nitrogen and oxygen atoms in total. The van der Waals surface area contributed by atoms with Gasteiger partial charge in [-0.2, -0.15) is 0 Å². The summed E-state index contributed by atoms with van der Waals surface area (Å²) in [5.41, 5.74) is 0.920. The van der Waals surface area contributed by atoms with Crippen LogP contribution in [-0.2, 0) is 11.2 Å². The number of halogens is 2. The molecule has 0 radical (unpaired) electrons. The van der Waals surface area contributed by atoms with Gasteiger partial charge in [-0.1, -0.05) is 29.3 Å². The molecule has 0 bridgehead atoms. The summed E-state index contributed by atoms with van der Waals surface area (Å²) in [5.74, 6) is 0.183. The highest BCUT2D eigenvalue weighted by Gasteiger charge is 2.40. The fraction of sp³-hybridized carbons (Fsp3) is 0.611. The van der Waals surface area contributed by atoms with E-state index in [9.17, 15) is 4.79 Å². The molecule has 1 aliphatic heterocycles. The number of hydrogen-bond acceptors (Lipinski definition) is 2. The van der Waals surface area contributed by atoms with E-state index < -0.39 is 0 Å². The van der Waals surface area contributed by atoms with Crippen LogP contribution in [0.2, 0.25) is 10.0 Å². The number of nitrogens with zero attached hydrogens (tertiary/aromatic N) is 1. The van der Waals surface area contributed by atoms with E-state index in [0.29, 0.717) is 16.5 Å². The maximum Gasteiger partial charge on any atom is 0.316 e. The van der Waals surface area contributed by atoms with Gasteiger partial charge in [0, 0.05) is 0 Å². The third-order valence-electron chi connectivity index (χ3n) is 5.42. The molecule has 1 aromatic carbocycles. The molecule has 0 saturated carbocycles. The summed E-state index contributed by atoms with van der Waals surface area (Å²) in [4.78, 5) is 16.1. The lowest BCUT2D eigenvalue weighted by Gasteiger charge is -2.41. The van der Waals surface area contributed by atoms with Crippen LogP contribution in [0.4, 0.5) is 0 Å². The fourth-order valence-electron chi connectivity index (χ4n) is 3.31. The Morgan fingerprint density at radius 2 is 1.87 bits per heavy atom. The van der Waals surface area contributed by atoms with E-state index in [2.05, 4.69) is 25.7 Å². The molecule has 2 rings (SSSR count). The third-order valence-corrected chi connectivity index (χ3v) is 6.16. The lowest BCUT2D eigenvalue weighted by atomic mass is 9.92. The zero-order valence-electron chi connectivity index (χ0n) is 14.5. The average Bonchev–Trinajstić information content (AvgIpc) is 3.04. The van der Waals surface area contributed by atoms with E-state index in [1.807, 2.05) is 13.1 Å². The molecule has 1 fully saturated rings. The average molecular weight is 358 g/mol. The van der Waals surface area contributed by atoms with Gasteiger partial charge < -0.3 is 0 Å². The monoisotopic (exact) mass is 357 g/mol. The Hall–Kier alpha value is -0.610. The molecule has 2 atom stereocenters. The van der Waals surface area contributed by atoms with Crippen LogP contribution in [0, 0.1) is 0 Å². The van der Waals surface area contributed by atoms with Crippen LogP contribution in [-0.4, -0.2) is 42.5 Å². The molecule has 1 heterocycles. The van der Waals surface area contributed by atoms with E-state index in [-0.39, 0.29) is 17.5 Å². The van der Waals surface area contributed by atoms with Crippen molar-refractivity contribution in [2.45, 2.75) is 51.6 Å². The van der Waals surface area contributed by atoms with Crippen LogP contribution in [0.15, 0.2) is 18.2 Å². The lowest BCUT2D eigenvalue weighted by molar-refractivity contribution is -0.831. The van der Waals surface area contributed by atoms with Gasteiger partial charge in [-0.05, 0) is 64.4 Å². The Balaban J connectivity index is 2.04. The van der Waals surface area contributed by atoms with E-state index >= 15 is 0 Å². The van der Waals surface area contributed by atoms with Crippen molar-refractivity contribution in [1.82, 2.24) is 4.90 Å². The number of hydrogen-bond donors (Lipinski definition) is 1. The standard InChI is InChI=1S/C18H26Cl2N2O/c1-13(18(2,3)22-9-5-6-10-22)21(4)17(23)12-14-7-8-15(19)16(20)11-14/h7-8,11,13H,5-6,9-10,12H2,1-4H3/p+1/t13-/m1/s1. The normalized spacial score (nSPS) is 18.9. The smallest absolute Gasteiger partial charge is 0.293 e. The fourth-order valence-corrected chi connectivity index (χ4v) is 3.63. The van der Waals surface area contributed by atoms with E-state index in [1.165, 1.54) is 12.8 Å². The maximum atomic E-state index is 12.7. The molecule has 0 aliphatic carbocycles. The molecule has 1 aromatic rings. The highest BCUT2D eigenvalue weighted by Crippen LogP contribution is 2.24. The second kappa shape index (κ2) is 7.52. The molecule has 23 heavy (non-hydrogen) atoms. The Labute approximate surface area is 149 Å². The Bertz CT molecular complexity index is 568. The largest absolute Gasteiger partial charge is 0.316 e. The summed E-state index contributed by atoms with van der Waals surface area (Å²) >= 11 is 12.0. The molecule has 1 amide bonds. The number of likely N-dealkylation sites (N-methyl/N-ethyl adjacent to an activating group) is 1. The summed E-state index contributed by atoms with van der Waals surface area (Å²) in [6.45, 7) is 8.93. The zero-order chi connectivity index (χ0) is 17.2. The Kier molecular flexibility index (Phi) is 6.12. The second-order valence-corrected chi connectivity index (χ2v) is 7.92. The highest BCUT2D eigenvalue weighted by atomic mass is 35.5. The van der Waals surface area contributed by atoms with E-state index in [0.717, 1.165) is 23.6 Å². The first kappa shape index (κ1) is 18.7. The quantitative estimate of drug-likeness (QED) is 0.876. The minimum Gasteiger partial charge on any atom is -0.293 e. The SMILES string of the molecule is C[C@@H]([NH+](C)C(=O)Cc1ccc(Cl)c(Cl)c1)C(C)(C)N1CCCC1. The van der Waals surface area contributed by atoms with Crippen LogP contribution >= 0.6 is 23.2 Å². The number of nitrogens with one attached hydrogen (secondary N) is 1. The third kappa shape index (κ3) is 4.27. The van der Waals surface area contributed by atoms with Gasteiger partial charge in [0.15, 0.2) is 0 Å². The van der Waals surface area contributed by atoms with Gasteiger partial charge in [0.25, 0.3) is 0 Å². The van der Waals surface area contributed by atoms with Crippen LogP contribution in [0.1, 0.15) is 39.2 Å². The summed E-state index contributed by atoms with van der Waals surface area (Å²) < 4.78 is 0. The van der Waals surface area contributed by atoms with Crippen LogP contribution in [0.3, 0.4) is 0 Å². The van der Waals surface area contributed by atoms with Crippen LogP contribution < -0.4 is 4.90 Å². The number of carbonyl (C=O) groups excluding carboxylic acids is 1. The molecule has 1 unspecified atom stereocenters. The molecule has 1 aliphatic rings. The molecule has 1 N–H and O–H groups in total. The van der Waals surface area contributed by atoms with Crippen molar-refractivity contribution in [2.24, 2.45) is 0 Å². The van der Waals surface area contributed by atoms with Gasteiger partial charge in [0.2, 0.25) is 0 Å². The van der Waals surface area contributed by atoms with Gasteiger partial charge in [0.05, 0.1) is 29.1 Å². The number of carbonyl (C=O) groups is 1. The molecular weight excluding hydrogens is 331 g/mol. The summed E-state index contributed by atoms with van der Waals surface area (Å²) in [7, 11) is 1.97. The minimum atomic E-state index is 0.00782. The summed E-state index contributed by atoms with van der Waals surface area (Å²) in [5, 5.41) is 1.02. The first-order chi connectivity index (χ1) is 10.7. The maximum absolute atomic E-state index is 12.7. The van der Waals surface area contributed by atoms with E-state index in [1.54, 1.807) is 12.1 Å². The Morgan fingerprint density at radius 1 is 1.26 bits per heavy atom. The van der Waals surface area contributed by atoms with Gasteiger partial charge in [-0.3, -0.25) is 9.80 Å². The minimum absolute atomic E-state index is 0.00782. The van der Waals surface area contributed by atoms with Crippen molar-refractivity contribution in [3.05, 3.63) is 33.8 Å². The van der Waals surface area contributed by atoms with Gasteiger partial charge >= 0.3 is 5.91 Å². The predicted molar refractivity (Wildman–Crippen MR) is 96.4 cm³/mol. The number of quaternary nitrogens is 1. The first-order valence-corrected chi connectivity index (χ1v) is 9.04. The van der Waals surface area contributed by atoms with Crippen molar-refractivity contribution in [2.75, 3.05) is 20.1 Å². The first-order valence-electron chi connectivity index (χ1n) is 8.29. The lowest BCUT2D eigenvalue weighted by Crippen LogP contribution is -3.17. The molecule has 128 valence electrons. The second-order valence-electron chi connectivity index (χ2n) is 7.10. The van der Waals surface area contributed by atoms with Crippen molar-refractivity contribution >= 4 is 29.1 Å². The number of amides is 1.